The number of thiazole rings is 1. The maximum absolute atomic E-state index is 12.5. The summed E-state index contributed by atoms with van der Waals surface area (Å²) in [6.07, 6.45) is 2.81. The van der Waals surface area contributed by atoms with E-state index in [0.717, 1.165) is 46.6 Å². The lowest BCUT2D eigenvalue weighted by molar-refractivity contribution is 0.0794. The fourth-order valence-electron chi connectivity index (χ4n) is 2.68. The van der Waals surface area contributed by atoms with E-state index in [1.807, 2.05) is 31.9 Å². The zero-order valence-corrected chi connectivity index (χ0v) is 12.8. The summed E-state index contributed by atoms with van der Waals surface area (Å²) in [5.41, 5.74) is 1.91. The normalized spacial score (nSPS) is 18.8. The molecular weight excluding hydrogens is 272 g/mol. The van der Waals surface area contributed by atoms with Crippen LogP contribution in [0.4, 0.5) is 0 Å². The fraction of sp³-hybridized carbons (Fsp3) is 0.500. The van der Waals surface area contributed by atoms with Crippen molar-refractivity contribution < 1.29 is 4.79 Å². The van der Waals surface area contributed by atoms with Crippen LogP contribution in [0.25, 0.3) is 0 Å². The fourth-order valence-corrected chi connectivity index (χ4v) is 3.57. The second-order valence-corrected chi connectivity index (χ2v) is 6.54. The van der Waals surface area contributed by atoms with Gasteiger partial charge in [-0.25, -0.2) is 9.97 Å². The van der Waals surface area contributed by atoms with E-state index in [-0.39, 0.29) is 5.91 Å². The minimum atomic E-state index is 0.110. The molecule has 0 saturated carbocycles. The highest BCUT2D eigenvalue weighted by atomic mass is 32.1. The van der Waals surface area contributed by atoms with E-state index in [2.05, 4.69) is 15.0 Å². The number of carbonyl (C=O) groups excluding carboxylic acids is 1. The number of likely N-dealkylation sites (tertiary alicyclic amines) is 1. The van der Waals surface area contributed by atoms with Crippen molar-refractivity contribution in [2.75, 3.05) is 13.1 Å². The average molecular weight is 290 g/mol. The Labute approximate surface area is 122 Å². The first-order chi connectivity index (χ1) is 9.54. The number of hydrogen-bond donors (Lipinski definition) is 1. The van der Waals surface area contributed by atoms with Gasteiger partial charge in [-0.2, -0.15) is 0 Å². The Bertz CT molecular complexity index is 645. The molecule has 106 valence electrons. The molecule has 6 heteroatoms. The van der Waals surface area contributed by atoms with Gasteiger partial charge in [0.15, 0.2) is 0 Å². The second-order valence-electron chi connectivity index (χ2n) is 5.34. The highest BCUT2D eigenvalue weighted by Crippen LogP contribution is 2.28. The number of rotatable bonds is 2. The van der Waals surface area contributed by atoms with Crippen LogP contribution < -0.4 is 0 Å². The predicted octanol–water partition coefficient (Wildman–Crippen LogP) is 2.42. The zero-order chi connectivity index (χ0) is 14.3. The molecule has 3 rings (SSSR count). The lowest BCUT2D eigenvalue weighted by atomic mass is 10.1. The van der Waals surface area contributed by atoms with Gasteiger partial charge in [-0.3, -0.25) is 4.79 Å². The van der Waals surface area contributed by atoms with Gasteiger partial charge >= 0.3 is 0 Å². The van der Waals surface area contributed by atoms with Gasteiger partial charge in [-0.05, 0) is 27.2 Å². The molecule has 2 aromatic rings. The molecule has 1 fully saturated rings. The van der Waals surface area contributed by atoms with E-state index in [0.29, 0.717) is 5.92 Å². The van der Waals surface area contributed by atoms with Crippen molar-refractivity contribution in [2.45, 2.75) is 33.1 Å². The lowest BCUT2D eigenvalue weighted by Crippen LogP contribution is -2.28. The van der Waals surface area contributed by atoms with Crippen LogP contribution in [0.1, 0.15) is 44.2 Å². The number of amides is 1. The summed E-state index contributed by atoms with van der Waals surface area (Å²) in [6.45, 7) is 7.37. The SMILES string of the molecule is Cc1cnc([C@@H]2CCN(C(=O)c3sc(C)nc3C)C2)[nH]1. The van der Waals surface area contributed by atoms with E-state index < -0.39 is 0 Å². The maximum atomic E-state index is 12.5. The van der Waals surface area contributed by atoms with Gasteiger partial charge in [-0.1, -0.05) is 0 Å². The van der Waals surface area contributed by atoms with Crippen LogP contribution in [0.5, 0.6) is 0 Å². The largest absolute Gasteiger partial charge is 0.346 e. The Morgan fingerprint density at radius 2 is 2.25 bits per heavy atom. The van der Waals surface area contributed by atoms with Crippen molar-refractivity contribution in [3.63, 3.8) is 0 Å². The zero-order valence-electron chi connectivity index (χ0n) is 11.9. The number of carbonyl (C=O) groups is 1. The molecule has 0 aliphatic carbocycles. The lowest BCUT2D eigenvalue weighted by Gasteiger charge is -2.15. The number of nitrogens with one attached hydrogen (secondary N) is 1. The molecule has 2 aromatic heterocycles. The highest BCUT2D eigenvalue weighted by Gasteiger charge is 2.31. The summed E-state index contributed by atoms with van der Waals surface area (Å²) >= 11 is 1.48. The topological polar surface area (TPSA) is 61.9 Å². The van der Waals surface area contributed by atoms with Crippen molar-refractivity contribution in [3.8, 4) is 0 Å². The summed E-state index contributed by atoms with van der Waals surface area (Å²) in [7, 11) is 0. The molecule has 3 heterocycles. The molecular formula is C14H18N4OS. The smallest absolute Gasteiger partial charge is 0.265 e. The van der Waals surface area contributed by atoms with Crippen molar-refractivity contribution in [3.05, 3.63) is 33.3 Å². The van der Waals surface area contributed by atoms with Crippen LogP contribution in [0.15, 0.2) is 6.20 Å². The Morgan fingerprint density at radius 1 is 1.45 bits per heavy atom. The summed E-state index contributed by atoms with van der Waals surface area (Å²) < 4.78 is 0. The van der Waals surface area contributed by atoms with Gasteiger partial charge in [-0.15, -0.1) is 11.3 Å². The average Bonchev–Trinajstić information content (AvgIpc) is 3.08. The Kier molecular flexibility index (Phi) is 3.33. The monoisotopic (exact) mass is 290 g/mol. The van der Waals surface area contributed by atoms with E-state index in [1.54, 1.807) is 0 Å². The standard InChI is InChI=1S/C14H18N4OS/c1-8-6-15-13(16-8)11-4-5-18(7-11)14(19)12-9(2)17-10(3)20-12/h6,11H,4-5,7H2,1-3H3,(H,15,16)/t11-/m1/s1. The van der Waals surface area contributed by atoms with Crippen molar-refractivity contribution >= 4 is 17.2 Å². The van der Waals surface area contributed by atoms with Gasteiger partial charge in [0.1, 0.15) is 10.7 Å². The first kappa shape index (κ1) is 13.3. The minimum absolute atomic E-state index is 0.110. The number of imidazole rings is 1. The van der Waals surface area contributed by atoms with E-state index in [9.17, 15) is 4.79 Å². The van der Waals surface area contributed by atoms with Crippen LogP contribution in [0.2, 0.25) is 0 Å². The number of H-pyrrole nitrogens is 1. The van der Waals surface area contributed by atoms with Crippen LogP contribution >= 0.6 is 11.3 Å². The Balaban J connectivity index is 1.74. The molecule has 0 radical (unpaired) electrons. The van der Waals surface area contributed by atoms with Gasteiger partial charge in [0, 0.05) is 30.9 Å². The van der Waals surface area contributed by atoms with Crippen LogP contribution in [0, 0.1) is 20.8 Å². The number of aryl methyl sites for hydroxylation is 3. The first-order valence-corrected chi connectivity index (χ1v) is 7.61. The van der Waals surface area contributed by atoms with Crippen LogP contribution in [-0.4, -0.2) is 38.8 Å². The Morgan fingerprint density at radius 3 is 2.85 bits per heavy atom. The predicted molar refractivity (Wildman–Crippen MR) is 78.2 cm³/mol. The highest BCUT2D eigenvalue weighted by molar-refractivity contribution is 7.13. The molecule has 5 nitrogen and oxygen atoms in total. The van der Waals surface area contributed by atoms with Crippen molar-refractivity contribution in [1.29, 1.82) is 0 Å². The second kappa shape index (κ2) is 5.01. The van der Waals surface area contributed by atoms with Crippen LogP contribution in [0.3, 0.4) is 0 Å². The number of aromatic nitrogens is 3. The Hall–Kier alpha value is -1.69. The van der Waals surface area contributed by atoms with Crippen LogP contribution in [-0.2, 0) is 0 Å². The molecule has 1 aliphatic heterocycles. The third-order valence-corrected chi connectivity index (χ3v) is 4.74. The van der Waals surface area contributed by atoms with Gasteiger partial charge in [0.25, 0.3) is 5.91 Å². The summed E-state index contributed by atoms with van der Waals surface area (Å²) in [5.74, 6) is 1.43. The van der Waals surface area contributed by atoms with E-state index in [1.165, 1.54) is 11.3 Å². The summed E-state index contributed by atoms with van der Waals surface area (Å²) in [5, 5.41) is 0.947. The third kappa shape index (κ3) is 2.35. The summed E-state index contributed by atoms with van der Waals surface area (Å²) in [4.78, 5) is 27.2. The quantitative estimate of drug-likeness (QED) is 0.924. The van der Waals surface area contributed by atoms with Gasteiger partial charge < -0.3 is 9.88 Å². The van der Waals surface area contributed by atoms with Crippen molar-refractivity contribution in [1.82, 2.24) is 19.9 Å². The van der Waals surface area contributed by atoms with Gasteiger partial charge in [0.2, 0.25) is 0 Å². The number of nitrogens with zero attached hydrogens (tertiary/aromatic N) is 3. The van der Waals surface area contributed by atoms with E-state index in [4.69, 9.17) is 0 Å². The molecule has 20 heavy (non-hydrogen) atoms. The maximum Gasteiger partial charge on any atom is 0.265 e. The van der Waals surface area contributed by atoms with Gasteiger partial charge in [0.05, 0.1) is 10.7 Å². The third-order valence-electron chi connectivity index (χ3n) is 3.68. The molecule has 1 atom stereocenters. The molecule has 1 amide bonds. The molecule has 1 saturated heterocycles. The first-order valence-electron chi connectivity index (χ1n) is 6.79. The molecule has 0 aromatic carbocycles. The number of aromatic amines is 1. The van der Waals surface area contributed by atoms with E-state index >= 15 is 0 Å². The molecule has 0 spiro atoms. The molecule has 1 aliphatic rings. The molecule has 1 N–H and O–H groups in total. The molecule has 0 unspecified atom stereocenters. The minimum Gasteiger partial charge on any atom is -0.346 e. The van der Waals surface area contributed by atoms with Crippen molar-refractivity contribution in [2.24, 2.45) is 0 Å². The summed E-state index contributed by atoms with van der Waals surface area (Å²) in [6, 6.07) is 0. The number of hydrogen-bond acceptors (Lipinski definition) is 4. The molecule has 0 bridgehead atoms.